The molecule has 2 aromatic rings. The Hall–Kier alpha value is -2.62. The summed E-state index contributed by atoms with van der Waals surface area (Å²) in [6, 6.07) is 0.628. The van der Waals surface area contributed by atoms with Gasteiger partial charge >= 0.3 is 5.91 Å². The van der Waals surface area contributed by atoms with Crippen molar-refractivity contribution in [2.24, 2.45) is 5.92 Å². The number of rotatable bonds is 3. The van der Waals surface area contributed by atoms with E-state index in [1.54, 1.807) is 18.1 Å². The van der Waals surface area contributed by atoms with Gasteiger partial charge in [0.15, 0.2) is 0 Å². The molecule has 1 saturated heterocycles. The van der Waals surface area contributed by atoms with Crippen LogP contribution in [0.3, 0.4) is 0 Å². The van der Waals surface area contributed by atoms with Gasteiger partial charge in [-0.15, -0.1) is 0 Å². The van der Waals surface area contributed by atoms with Crippen molar-refractivity contribution in [3.8, 4) is 0 Å². The highest BCUT2D eigenvalue weighted by atomic mass is 16.2. The summed E-state index contributed by atoms with van der Waals surface area (Å²) < 4.78 is 24.2. The molecule has 0 radical (unpaired) electrons. The predicted octanol–water partition coefficient (Wildman–Crippen LogP) is 1.55. The molecule has 7 nitrogen and oxygen atoms in total. The monoisotopic (exact) mass is 315 g/mol. The quantitative estimate of drug-likeness (QED) is 0.873. The van der Waals surface area contributed by atoms with E-state index in [2.05, 4.69) is 19.8 Å². The summed E-state index contributed by atoms with van der Waals surface area (Å²) in [4.78, 5) is 29.6. The summed E-state index contributed by atoms with van der Waals surface area (Å²) in [6.45, 7) is 6.56. The predicted molar refractivity (Wildman–Crippen MR) is 87.9 cm³/mol. The lowest BCUT2D eigenvalue weighted by atomic mass is 9.92. The maximum absolute atomic E-state index is 12.4. The fraction of sp³-hybridized carbons (Fsp3) is 0.500. The van der Waals surface area contributed by atoms with Gasteiger partial charge in [-0.05, 0) is 18.4 Å². The minimum Gasteiger partial charge on any atom is -0.354 e. The topological polar surface area (TPSA) is 69.5 Å². The van der Waals surface area contributed by atoms with E-state index in [-0.39, 0.29) is 12.5 Å². The van der Waals surface area contributed by atoms with Crippen LogP contribution in [0.15, 0.2) is 18.6 Å². The van der Waals surface area contributed by atoms with E-state index >= 15 is 0 Å². The number of amides is 1. The summed E-state index contributed by atoms with van der Waals surface area (Å²) >= 11 is 0. The number of likely N-dealkylation sites (N-methyl/N-ethyl adjacent to an activating group) is 1. The van der Waals surface area contributed by atoms with Crippen LogP contribution in [0.5, 0.6) is 0 Å². The Kier molecular flexibility index (Phi) is 3.23. The van der Waals surface area contributed by atoms with Gasteiger partial charge in [-0.3, -0.25) is 4.79 Å². The van der Waals surface area contributed by atoms with Crippen LogP contribution in [-0.4, -0.2) is 58.4 Å². The Morgan fingerprint density at radius 2 is 2.52 bits per heavy atom. The van der Waals surface area contributed by atoms with E-state index in [1.165, 1.54) is 11.2 Å². The molecule has 0 bridgehead atoms. The van der Waals surface area contributed by atoms with Crippen molar-refractivity contribution in [1.29, 1.82) is 0 Å². The van der Waals surface area contributed by atoms with E-state index in [0.717, 1.165) is 5.39 Å². The molecule has 1 aliphatic heterocycles. The third kappa shape index (κ3) is 2.84. The minimum absolute atomic E-state index is 0.00551. The van der Waals surface area contributed by atoms with Gasteiger partial charge in [-0.1, -0.05) is 6.92 Å². The Balaban J connectivity index is 1.95. The lowest BCUT2D eigenvalue weighted by molar-refractivity contribution is -0.130. The second-order valence-corrected chi connectivity index (χ2v) is 5.63. The van der Waals surface area contributed by atoms with Gasteiger partial charge in [-0.2, -0.15) is 0 Å². The number of carbonyl (C=O) groups excluding carboxylic acids is 1. The molecule has 0 saturated carbocycles. The van der Waals surface area contributed by atoms with Crippen LogP contribution < -0.4 is 4.90 Å². The van der Waals surface area contributed by atoms with E-state index in [9.17, 15) is 4.79 Å². The molecule has 3 rings (SSSR count). The smallest absolute Gasteiger partial charge is 0.302 e. The lowest BCUT2D eigenvalue weighted by Gasteiger charge is -2.41. The van der Waals surface area contributed by atoms with Crippen molar-refractivity contribution in [3.05, 3.63) is 30.0 Å². The normalized spacial score (nSPS) is 26.9. The van der Waals surface area contributed by atoms with Crippen LogP contribution in [0.1, 0.15) is 17.5 Å². The zero-order valence-electron chi connectivity index (χ0n) is 16.1. The number of fused-ring (bicyclic) bond motifs is 1. The first-order valence-electron chi connectivity index (χ1n) is 8.90. The second-order valence-electron chi connectivity index (χ2n) is 5.63. The largest absolute Gasteiger partial charge is 0.354 e. The van der Waals surface area contributed by atoms with Crippen molar-refractivity contribution in [1.82, 2.24) is 19.9 Å². The first-order valence-corrected chi connectivity index (χ1v) is 7.40. The highest BCUT2D eigenvalue weighted by Gasteiger charge is 2.33. The fourth-order valence-corrected chi connectivity index (χ4v) is 2.94. The van der Waals surface area contributed by atoms with E-state index in [1.807, 2.05) is 13.0 Å². The van der Waals surface area contributed by atoms with Crippen molar-refractivity contribution in [2.45, 2.75) is 19.4 Å². The molecule has 1 aliphatic rings. The minimum atomic E-state index is -2.61. The molecule has 7 heteroatoms. The third-order valence-corrected chi connectivity index (χ3v) is 4.27. The molecule has 2 atom stereocenters. The third-order valence-electron chi connectivity index (χ3n) is 4.27. The van der Waals surface area contributed by atoms with Crippen LogP contribution in [0, 0.1) is 12.5 Å². The number of nitrogens with one attached hydrogen (secondary N) is 1. The molecular weight excluding hydrogens is 292 g/mol. The van der Waals surface area contributed by atoms with Crippen molar-refractivity contribution in [2.75, 3.05) is 31.5 Å². The average molecular weight is 315 g/mol. The molecule has 1 amide bonds. The number of piperidine rings is 1. The Morgan fingerprint density at radius 3 is 3.30 bits per heavy atom. The number of hydrogen-bond acceptors (Lipinski definition) is 4. The van der Waals surface area contributed by atoms with E-state index in [0.29, 0.717) is 24.4 Å². The second kappa shape index (κ2) is 6.24. The van der Waals surface area contributed by atoms with Crippen LogP contribution >= 0.6 is 0 Å². The summed E-state index contributed by atoms with van der Waals surface area (Å²) in [5.41, 5.74) is 0.659. The number of H-pyrrole nitrogens is 1. The highest BCUT2D eigenvalue weighted by Crippen LogP contribution is 2.28. The molecular formula is C16H20N6O. The molecule has 2 aromatic heterocycles. The van der Waals surface area contributed by atoms with Crippen LogP contribution in [0.4, 0.5) is 5.82 Å². The molecule has 0 unspecified atom stereocenters. The summed E-state index contributed by atoms with van der Waals surface area (Å²) in [5.74, 6) is -0.404. The molecule has 3 heterocycles. The summed E-state index contributed by atoms with van der Waals surface area (Å²) in [7, 11) is 1.75. The van der Waals surface area contributed by atoms with E-state index < -0.39 is 18.4 Å². The van der Waals surface area contributed by atoms with Crippen LogP contribution in [0.25, 0.3) is 15.9 Å². The van der Waals surface area contributed by atoms with Gasteiger partial charge in [0.1, 0.15) is 20.5 Å². The highest BCUT2D eigenvalue weighted by molar-refractivity contribution is 5.87. The number of likely N-dealkylation sites (tertiary alicyclic amines) is 1. The van der Waals surface area contributed by atoms with E-state index in [4.69, 9.17) is 10.7 Å². The zero-order chi connectivity index (χ0) is 19.1. The number of anilines is 1. The van der Waals surface area contributed by atoms with Gasteiger partial charge in [0, 0.05) is 26.3 Å². The van der Waals surface area contributed by atoms with Gasteiger partial charge in [-0.25, -0.2) is 16.5 Å². The summed E-state index contributed by atoms with van der Waals surface area (Å²) in [5, 5.41) is 0.772. The molecule has 23 heavy (non-hydrogen) atoms. The number of carbonyl (C=O) groups is 1. The molecule has 0 spiro atoms. The number of hydrogen-bond donors (Lipinski definition) is 1. The first-order chi connectivity index (χ1) is 12.2. The zero-order valence-corrected chi connectivity index (χ0v) is 13.1. The Morgan fingerprint density at radius 1 is 1.70 bits per heavy atom. The SMILES string of the molecule is [2H]C([2H])([N+]#[C-])C(=O)N1CC[C@@H](C)[C@]([2H])(N(C)c2ncnc3[nH]ccc23)C1. The molecule has 0 aromatic carbocycles. The molecule has 1 fully saturated rings. The lowest BCUT2D eigenvalue weighted by Crippen LogP contribution is -2.53. The fourth-order valence-electron chi connectivity index (χ4n) is 2.94. The molecule has 0 aliphatic carbocycles. The molecule has 1 N–H and O–H groups in total. The first kappa shape index (κ1) is 11.9. The van der Waals surface area contributed by atoms with Crippen molar-refractivity contribution >= 4 is 22.8 Å². The van der Waals surface area contributed by atoms with Gasteiger partial charge in [0.2, 0.25) is 0 Å². The maximum Gasteiger partial charge on any atom is 0.302 e. The number of aromatic nitrogens is 3. The standard InChI is InChI=1S/C16H20N6O/c1-11-5-7-22(14(23)8-17-2)9-13(11)21(3)16-12-4-6-18-15(12)19-10-20-16/h4,6,10-11,13H,5,7-9H2,1,3H3,(H,18,19,20)/t11-,13-/m1/s1/i8D2,13D. The number of nitrogens with zero attached hydrogens (tertiary/aromatic N) is 5. The number of aromatic amines is 1. The maximum atomic E-state index is 12.4. The Bertz CT molecular complexity index is 878. The van der Waals surface area contributed by atoms with Crippen LogP contribution in [0.2, 0.25) is 0 Å². The van der Waals surface area contributed by atoms with Crippen molar-refractivity contribution in [3.63, 3.8) is 0 Å². The van der Waals surface area contributed by atoms with Crippen LogP contribution in [-0.2, 0) is 4.79 Å². The van der Waals surface area contributed by atoms with Gasteiger partial charge < -0.3 is 19.6 Å². The molecule has 120 valence electrons. The Labute approximate surface area is 139 Å². The average Bonchev–Trinajstić information content (AvgIpc) is 3.11. The summed E-state index contributed by atoms with van der Waals surface area (Å²) in [6.07, 6.45) is 3.70. The van der Waals surface area contributed by atoms with Crippen molar-refractivity contribution < 1.29 is 8.91 Å². The van der Waals surface area contributed by atoms with Gasteiger partial charge in [0.05, 0.1) is 12.8 Å². The van der Waals surface area contributed by atoms with Gasteiger partial charge in [0.25, 0.3) is 6.50 Å².